The SMILES string of the molecule is Cc1ccncc1-c1ccc2c(=O)n(-c3c[c]c(OC(F)(F)F)cc3N3CCN(C)CC3)cnc2c1. The Kier molecular flexibility index (Phi) is 6.13. The molecule has 0 amide bonds. The molecule has 4 aromatic rings. The largest absolute Gasteiger partial charge is 0.573 e. The van der Waals surface area contributed by atoms with Gasteiger partial charge in [-0.1, -0.05) is 6.07 Å². The minimum atomic E-state index is -4.84. The maximum Gasteiger partial charge on any atom is 0.573 e. The molecular weight excluding hydrogens is 471 g/mol. The van der Waals surface area contributed by atoms with Crippen LogP contribution in [0.25, 0.3) is 27.7 Å². The van der Waals surface area contributed by atoms with Gasteiger partial charge >= 0.3 is 6.36 Å². The lowest BCUT2D eigenvalue weighted by molar-refractivity contribution is -0.274. The lowest BCUT2D eigenvalue weighted by Crippen LogP contribution is -2.45. The molecule has 0 atom stereocenters. The average Bonchev–Trinajstić information content (AvgIpc) is 2.84. The van der Waals surface area contributed by atoms with Gasteiger partial charge < -0.3 is 14.5 Å². The number of fused-ring (bicyclic) bond motifs is 1. The molecule has 0 aliphatic carbocycles. The Morgan fingerprint density at radius 1 is 1.06 bits per heavy atom. The normalized spacial score (nSPS) is 14.9. The predicted octanol–water partition coefficient (Wildman–Crippen LogP) is 4.21. The molecule has 36 heavy (non-hydrogen) atoms. The number of nitrogens with zero attached hydrogens (tertiary/aromatic N) is 5. The van der Waals surface area contributed by atoms with Gasteiger partial charge in [0.15, 0.2) is 0 Å². The molecule has 2 aromatic heterocycles. The van der Waals surface area contributed by atoms with Crippen molar-refractivity contribution in [3.05, 3.63) is 77.1 Å². The van der Waals surface area contributed by atoms with Crippen molar-refractivity contribution in [2.24, 2.45) is 0 Å². The van der Waals surface area contributed by atoms with Crippen LogP contribution in [0.3, 0.4) is 0 Å². The molecule has 7 nitrogen and oxygen atoms in total. The maximum absolute atomic E-state index is 13.5. The standard InChI is InChI=1S/C26H23F3N5O2/c1-17-7-8-30-15-21(17)18-3-5-20-22(13-18)31-16-34(25(20)35)23-6-4-19(36-26(27,28)29)14-24(23)33-11-9-32(2)10-12-33/h3,5-8,13-16H,9-12H2,1-2H3. The van der Waals surface area contributed by atoms with E-state index in [0.717, 1.165) is 29.8 Å². The van der Waals surface area contributed by atoms with Crippen LogP contribution in [0.2, 0.25) is 0 Å². The second kappa shape index (κ2) is 9.27. The molecule has 1 aliphatic rings. The summed E-state index contributed by atoms with van der Waals surface area (Å²) in [6, 6.07) is 12.4. The van der Waals surface area contributed by atoms with E-state index >= 15 is 0 Å². The van der Waals surface area contributed by atoms with Gasteiger partial charge in [0.2, 0.25) is 0 Å². The smallest absolute Gasteiger partial charge is 0.405 e. The number of hydrogen-bond acceptors (Lipinski definition) is 6. The van der Waals surface area contributed by atoms with Crippen LogP contribution in [0.15, 0.2) is 59.9 Å². The van der Waals surface area contributed by atoms with Crippen LogP contribution >= 0.6 is 0 Å². The summed E-state index contributed by atoms with van der Waals surface area (Å²) in [7, 11) is 1.98. The summed E-state index contributed by atoms with van der Waals surface area (Å²) < 4.78 is 44.1. The van der Waals surface area contributed by atoms with Crippen molar-refractivity contribution < 1.29 is 17.9 Å². The Labute approximate surface area is 205 Å². The number of benzene rings is 2. The predicted molar refractivity (Wildman–Crippen MR) is 131 cm³/mol. The second-order valence-electron chi connectivity index (χ2n) is 8.75. The highest BCUT2D eigenvalue weighted by molar-refractivity contribution is 5.84. The van der Waals surface area contributed by atoms with Gasteiger partial charge in [-0.3, -0.25) is 14.3 Å². The summed E-state index contributed by atoms with van der Waals surface area (Å²) in [6.07, 6.45) is 0.0396. The van der Waals surface area contributed by atoms with E-state index in [1.54, 1.807) is 18.5 Å². The van der Waals surface area contributed by atoms with Crippen LogP contribution < -0.4 is 15.2 Å². The first-order valence-electron chi connectivity index (χ1n) is 11.4. The fourth-order valence-electron chi connectivity index (χ4n) is 4.36. The molecule has 0 unspecified atom stereocenters. The Morgan fingerprint density at radius 2 is 1.83 bits per heavy atom. The second-order valence-corrected chi connectivity index (χ2v) is 8.75. The van der Waals surface area contributed by atoms with Crippen LogP contribution in [0.4, 0.5) is 18.9 Å². The number of pyridine rings is 1. The molecule has 1 aliphatic heterocycles. The highest BCUT2D eigenvalue weighted by atomic mass is 19.4. The number of ether oxygens (including phenoxy) is 1. The molecule has 0 bridgehead atoms. The minimum absolute atomic E-state index is 0.331. The number of halogens is 3. The number of rotatable bonds is 4. The first kappa shape index (κ1) is 23.8. The van der Waals surface area contributed by atoms with Crippen molar-refractivity contribution in [3.63, 3.8) is 0 Å². The van der Waals surface area contributed by atoms with Crippen molar-refractivity contribution in [2.75, 3.05) is 38.1 Å². The van der Waals surface area contributed by atoms with Crippen LogP contribution in [0.5, 0.6) is 5.75 Å². The molecule has 0 saturated carbocycles. The Balaban J connectivity index is 1.60. The topological polar surface area (TPSA) is 63.5 Å². The Hall–Kier alpha value is -3.92. The zero-order chi connectivity index (χ0) is 25.4. The number of aryl methyl sites for hydroxylation is 1. The Bertz CT molecular complexity index is 1480. The van der Waals surface area contributed by atoms with Gasteiger partial charge in [0.1, 0.15) is 12.1 Å². The number of likely N-dealkylation sites (N-methyl/N-ethyl adjacent to an activating group) is 1. The summed E-state index contributed by atoms with van der Waals surface area (Å²) in [4.78, 5) is 26.3. The summed E-state index contributed by atoms with van der Waals surface area (Å²) in [5, 5.41) is 0.391. The number of piperazine rings is 1. The molecule has 0 spiro atoms. The minimum Gasteiger partial charge on any atom is -0.405 e. The lowest BCUT2D eigenvalue weighted by atomic mass is 10.0. The number of anilines is 1. The molecule has 1 radical (unpaired) electrons. The maximum atomic E-state index is 13.5. The van der Waals surface area contributed by atoms with Crippen LogP contribution in [-0.2, 0) is 0 Å². The van der Waals surface area contributed by atoms with Gasteiger partial charge in [0.05, 0.1) is 22.3 Å². The number of alkyl halides is 3. The Morgan fingerprint density at radius 3 is 2.56 bits per heavy atom. The first-order chi connectivity index (χ1) is 17.2. The number of aromatic nitrogens is 3. The van der Waals surface area contributed by atoms with Gasteiger partial charge in [-0.25, -0.2) is 4.98 Å². The molecule has 1 fully saturated rings. The quantitative estimate of drug-likeness (QED) is 0.424. The highest BCUT2D eigenvalue weighted by Crippen LogP contribution is 2.32. The molecule has 10 heteroatoms. The lowest BCUT2D eigenvalue weighted by Gasteiger charge is -2.35. The van der Waals surface area contributed by atoms with Crippen molar-refractivity contribution in [1.29, 1.82) is 0 Å². The van der Waals surface area contributed by atoms with E-state index in [1.165, 1.54) is 23.0 Å². The third-order valence-corrected chi connectivity index (χ3v) is 6.32. The zero-order valence-corrected chi connectivity index (χ0v) is 19.7. The van der Waals surface area contributed by atoms with Gasteiger partial charge in [0.25, 0.3) is 5.56 Å². The van der Waals surface area contributed by atoms with Gasteiger partial charge in [-0.2, -0.15) is 0 Å². The van der Waals surface area contributed by atoms with E-state index in [-0.39, 0.29) is 5.56 Å². The number of hydrogen-bond donors (Lipinski definition) is 0. The molecule has 1 saturated heterocycles. The van der Waals surface area contributed by atoms with Crippen LogP contribution in [0, 0.1) is 13.0 Å². The van der Waals surface area contributed by atoms with Crippen LogP contribution in [0.1, 0.15) is 5.56 Å². The summed E-state index contributed by atoms with van der Waals surface area (Å²) in [6.45, 7) is 4.62. The van der Waals surface area contributed by atoms with Gasteiger partial charge in [0, 0.05) is 56.3 Å². The highest BCUT2D eigenvalue weighted by Gasteiger charge is 2.32. The van der Waals surface area contributed by atoms with E-state index in [0.29, 0.717) is 35.4 Å². The monoisotopic (exact) mass is 494 g/mol. The summed E-state index contributed by atoms with van der Waals surface area (Å²) >= 11 is 0. The molecule has 2 aromatic carbocycles. The fraction of sp³-hybridized carbons (Fsp3) is 0.269. The van der Waals surface area contributed by atoms with Crippen molar-refractivity contribution >= 4 is 16.6 Å². The summed E-state index contributed by atoms with van der Waals surface area (Å²) in [5.74, 6) is -0.460. The summed E-state index contributed by atoms with van der Waals surface area (Å²) in [5.41, 5.74) is 3.90. The van der Waals surface area contributed by atoms with E-state index in [9.17, 15) is 18.0 Å². The molecule has 0 N–H and O–H groups in total. The van der Waals surface area contributed by atoms with Crippen molar-refractivity contribution in [1.82, 2.24) is 19.4 Å². The fourth-order valence-corrected chi connectivity index (χ4v) is 4.36. The molecule has 3 heterocycles. The molecule has 5 rings (SSSR count). The van der Waals surface area contributed by atoms with E-state index in [2.05, 4.69) is 25.7 Å². The molecular formula is C26H23F3N5O2. The van der Waals surface area contributed by atoms with E-state index in [1.807, 2.05) is 37.1 Å². The average molecular weight is 494 g/mol. The molecule has 185 valence electrons. The van der Waals surface area contributed by atoms with Crippen molar-refractivity contribution in [3.8, 4) is 22.6 Å². The first-order valence-corrected chi connectivity index (χ1v) is 11.4. The van der Waals surface area contributed by atoms with E-state index < -0.39 is 12.1 Å². The van der Waals surface area contributed by atoms with E-state index in [4.69, 9.17) is 0 Å². The van der Waals surface area contributed by atoms with Gasteiger partial charge in [-0.15, -0.1) is 13.2 Å². The zero-order valence-electron chi connectivity index (χ0n) is 19.7. The van der Waals surface area contributed by atoms with Gasteiger partial charge in [-0.05, 0) is 49.4 Å². The third-order valence-electron chi connectivity index (χ3n) is 6.32. The van der Waals surface area contributed by atoms with Crippen LogP contribution in [-0.4, -0.2) is 59.0 Å². The van der Waals surface area contributed by atoms with Crippen molar-refractivity contribution in [2.45, 2.75) is 13.3 Å². The third kappa shape index (κ3) is 4.76.